The maximum atomic E-state index is 13.2. The molecule has 0 aromatic carbocycles. The van der Waals surface area contributed by atoms with Crippen LogP contribution in [0.2, 0.25) is 0 Å². The second-order valence-electron chi connectivity index (χ2n) is 14.2. The van der Waals surface area contributed by atoms with Crippen LogP contribution in [0.4, 0.5) is 0 Å². The molecule has 0 saturated heterocycles. The van der Waals surface area contributed by atoms with E-state index in [1.807, 2.05) is 6.08 Å². The van der Waals surface area contributed by atoms with Crippen molar-refractivity contribution in [2.45, 2.75) is 131 Å². The summed E-state index contributed by atoms with van der Waals surface area (Å²) < 4.78 is 11.5. The van der Waals surface area contributed by atoms with Crippen LogP contribution < -0.4 is 0 Å². The number of hydrogen-bond acceptors (Lipinski definition) is 6. The van der Waals surface area contributed by atoms with E-state index in [0.29, 0.717) is 29.2 Å². The molecule has 38 heavy (non-hydrogen) atoms. The second-order valence-corrected chi connectivity index (χ2v) is 14.2. The third kappa shape index (κ3) is 4.67. The van der Waals surface area contributed by atoms with Crippen LogP contribution in [-0.2, 0) is 23.9 Å². The number of Topliss-reactive ketones (excluding diaryl/α,β-unsaturated/α-hetero) is 1. The van der Waals surface area contributed by atoms with Gasteiger partial charge in [0.1, 0.15) is 12.2 Å². The third-order valence-electron chi connectivity index (χ3n) is 11.9. The first-order valence-corrected chi connectivity index (χ1v) is 14.9. The van der Waals surface area contributed by atoms with Crippen molar-refractivity contribution in [3.63, 3.8) is 0 Å². The highest BCUT2D eigenvalue weighted by Gasteiger charge is 2.67. The Morgan fingerprint density at radius 3 is 2.26 bits per heavy atom. The number of rotatable bonds is 6. The van der Waals surface area contributed by atoms with E-state index in [9.17, 15) is 19.5 Å². The number of aliphatic hydroxyl groups is 1. The van der Waals surface area contributed by atoms with Gasteiger partial charge in [-0.1, -0.05) is 53.5 Å². The summed E-state index contributed by atoms with van der Waals surface area (Å²) in [6.45, 7) is 16.4. The van der Waals surface area contributed by atoms with Gasteiger partial charge < -0.3 is 14.6 Å². The van der Waals surface area contributed by atoms with Crippen molar-refractivity contribution in [3.05, 3.63) is 11.6 Å². The normalized spacial score (nSPS) is 45.0. The van der Waals surface area contributed by atoms with E-state index in [1.54, 1.807) is 6.92 Å². The molecule has 0 heterocycles. The van der Waals surface area contributed by atoms with E-state index >= 15 is 0 Å². The number of carbonyl (C=O) groups excluding carboxylic acids is 3. The van der Waals surface area contributed by atoms with Crippen molar-refractivity contribution in [3.8, 4) is 0 Å². The number of hydrogen-bond donors (Lipinski definition) is 1. The minimum absolute atomic E-state index is 0.00152. The molecule has 10 atom stereocenters. The van der Waals surface area contributed by atoms with Crippen LogP contribution in [0.5, 0.6) is 0 Å². The maximum absolute atomic E-state index is 13.2. The summed E-state index contributed by atoms with van der Waals surface area (Å²) in [4.78, 5) is 37.1. The number of ketones is 1. The lowest BCUT2D eigenvalue weighted by atomic mass is 9.35. The van der Waals surface area contributed by atoms with E-state index < -0.39 is 29.7 Å². The Morgan fingerprint density at radius 1 is 1.00 bits per heavy atom. The molecule has 6 heteroatoms. The van der Waals surface area contributed by atoms with E-state index in [-0.39, 0.29) is 34.9 Å². The van der Waals surface area contributed by atoms with Gasteiger partial charge in [-0.05, 0) is 86.4 Å². The molecule has 4 rings (SSSR count). The predicted molar refractivity (Wildman–Crippen MR) is 146 cm³/mol. The van der Waals surface area contributed by atoms with Crippen LogP contribution in [0.1, 0.15) is 113 Å². The fourth-order valence-corrected chi connectivity index (χ4v) is 10.1. The number of carbonyl (C=O) groups is 3. The fourth-order valence-electron chi connectivity index (χ4n) is 10.1. The molecule has 3 saturated carbocycles. The largest absolute Gasteiger partial charge is 0.462 e. The highest BCUT2D eigenvalue weighted by Crippen LogP contribution is 2.72. The predicted octanol–water partition coefficient (Wildman–Crippen LogP) is 6.19. The zero-order valence-electron chi connectivity index (χ0n) is 24.9. The van der Waals surface area contributed by atoms with Crippen molar-refractivity contribution < 1.29 is 29.0 Å². The zero-order chi connectivity index (χ0) is 28.3. The molecule has 214 valence electrons. The first-order chi connectivity index (χ1) is 17.6. The van der Waals surface area contributed by atoms with Crippen LogP contribution in [0, 0.1) is 39.4 Å². The lowest BCUT2D eigenvalue weighted by molar-refractivity contribution is -0.229. The van der Waals surface area contributed by atoms with Crippen molar-refractivity contribution >= 4 is 17.7 Å². The van der Waals surface area contributed by atoms with E-state index in [2.05, 4.69) is 34.6 Å². The molecule has 0 spiro atoms. The summed E-state index contributed by atoms with van der Waals surface area (Å²) in [5, 5.41) is 11.1. The third-order valence-corrected chi connectivity index (χ3v) is 11.9. The van der Waals surface area contributed by atoms with Crippen molar-refractivity contribution in [2.75, 3.05) is 0 Å². The zero-order valence-corrected chi connectivity index (χ0v) is 24.9. The second kappa shape index (κ2) is 10.1. The standard InChI is InChI=1S/C32H50O6/c1-9-29(5)12-10-13-30(6)24(29)11-14-31(7)25-16-23(35)22(20(3)33)18-32(25,8)27(17-26(30)31)38-28(36)15-19(2)37-21(4)34/h18-19,23-27,35H,9-17H2,1-8H3/t19?,23-,24+,25+,26-,27+,29+,30+,31+,32-/m1/s1. The van der Waals surface area contributed by atoms with Gasteiger partial charge in [0.2, 0.25) is 0 Å². The summed E-state index contributed by atoms with van der Waals surface area (Å²) in [5.74, 6) is 0.131. The first kappa shape index (κ1) is 29.3. The average Bonchev–Trinajstić information content (AvgIpc) is 2.80. The Morgan fingerprint density at radius 2 is 1.66 bits per heavy atom. The SMILES string of the molecule is CC[C@@]1(C)CCC[C@]2(C)[C@H]3C[C@H](OC(=O)CC(C)OC(C)=O)[C@]4(C)C=C(C(C)=O)[C@H](O)C[C@H]4[C@]3(C)CC[C@@H]12. The lowest BCUT2D eigenvalue weighted by Gasteiger charge is -2.70. The molecule has 4 aliphatic carbocycles. The van der Waals surface area contributed by atoms with Gasteiger partial charge in [0, 0.05) is 17.9 Å². The smallest absolute Gasteiger partial charge is 0.309 e. The van der Waals surface area contributed by atoms with Gasteiger partial charge in [-0.15, -0.1) is 0 Å². The number of fused-ring (bicyclic) bond motifs is 5. The van der Waals surface area contributed by atoms with Crippen molar-refractivity contribution in [2.24, 2.45) is 39.4 Å². The molecule has 3 fully saturated rings. The Balaban J connectivity index is 1.75. The topological polar surface area (TPSA) is 89.9 Å². The highest BCUT2D eigenvalue weighted by molar-refractivity contribution is 5.94. The van der Waals surface area contributed by atoms with Gasteiger partial charge in [0.05, 0.1) is 12.5 Å². The Kier molecular flexibility index (Phi) is 7.75. The highest BCUT2D eigenvalue weighted by atomic mass is 16.6. The van der Waals surface area contributed by atoms with Crippen LogP contribution in [-0.4, -0.2) is 41.1 Å². The molecule has 0 amide bonds. The molecule has 4 aliphatic rings. The quantitative estimate of drug-likeness (QED) is 0.412. The number of esters is 2. The van der Waals surface area contributed by atoms with Crippen LogP contribution in [0.15, 0.2) is 11.6 Å². The fraction of sp³-hybridized carbons (Fsp3) is 0.844. The van der Waals surface area contributed by atoms with Gasteiger partial charge in [0.25, 0.3) is 0 Å². The molecule has 1 unspecified atom stereocenters. The maximum Gasteiger partial charge on any atom is 0.309 e. The molecular formula is C32H50O6. The van der Waals surface area contributed by atoms with Crippen LogP contribution in [0.25, 0.3) is 0 Å². The average molecular weight is 531 g/mol. The molecule has 0 aliphatic heterocycles. The number of aliphatic hydroxyl groups excluding tert-OH is 1. The van der Waals surface area contributed by atoms with E-state index in [4.69, 9.17) is 9.47 Å². The van der Waals surface area contributed by atoms with Gasteiger partial charge >= 0.3 is 11.9 Å². The summed E-state index contributed by atoms with van der Waals surface area (Å²) in [5.41, 5.74) is 0.297. The lowest BCUT2D eigenvalue weighted by Crippen LogP contribution is -2.65. The minimum Gasteiger partial charge on any atom is -0.462 e. The Hall–Kier alpha value is -1.69. The first-order valence-electron chi connectivity index (χ1n) is 14.9. The van der Waals surface area contributed by atoms with Gasteiger partial charge in [-0.2, -0.15) is 0 Å². The van der Waals surface area contributed by atoms with Gasteiger partial charge in [-0.3, -0.25) is 14.4 Å². The molecule has 0 radical (unpaired) electrons. The van der Waals surface area contributed by atoms with Crippen molar-refractivity contribution in [1.29, 1.82) is 0 Å². The Bertz CT molecular complexity index is 1000. The van der Waals surface area contributed by atoms with E-state index in [0.717, 1.165) is 12.8 Å². The van der Waals surface area contributed by atoms with Gasteiger partial charge in [-0.25, -0.2) is 0 Å². The van der Waals surface area contributed by atoms with Crippen LogP contribution in [0.3, 0.4) is 0 Å². The van der Waals surface area contributed by atoms with Gasteiger partial charge in [0.15, 0.2) is 5.78 Å². The summed E-state index contributed by atoms with van der Waals surface area (Å²) in [6, 6.07) is 0. The molecule has 6 nitrogen and oxygen atoms in total. The monoisotopic (exact) mass is 530 g/mol. The molecule has 0 aromatic heterocycles. The molecular weight excluding hydrogens is 480 g/mol. The minimum atomic E-state index is -0.792. The number of ether oxygens (including phenoxy) is 2. The molecule has 0 aromatic rings. The van der Waals surface area contributed by atoms with Crippen LogP contribution >= 0.6 is 0 Å². The summed E-state index contributed by atoms with van der Waals surface area (Å²) in [7, 11) is 0. The molecule has 0 bridgehead atoms. The van der Waals surface area contributed by atoms with E-state index in [1.165, 1.54) is 46.0 Å². The summed E-state index contributed by atoms with van der Waals surface area (Å²) in [6.07, 6.45) is 8.57. The van der Waals surface area contributed by atoms with Crippen molar-refractivity contribution in [1.82, 2.24) is 0 Å². The summed E-state index contributed by atoms with van der Waals surface area (Å²) >= 11 is 0. The molecule has 1 N–H and O–H groups in total. The Labute approximate surface area is 229 Å².